The van der Waals surface area contributed by atoms with Gasteiger partial charge in [0.2, 0.25) is 5.96 Å². The van der Waals surface area contributed by atoms with E-state index in [1.54, 1.807) is 0 Å². The zero-order valence-corrected chi connectivity index (χ0v) is 30.0. The Balaban J connectivity index is 1.20. The summed E-state index contributed by atoms with van der Waals surface area (Å²) in [5.74, 6) is 0.849. The molecule has 0 amide bonds. The van der Waals surface area contributed by atoms with Gasteiger partial charge in [0.05, 0.1) is 16.7 Å². The van der Waals surface area contributed by atoms with E-state index >= 15 is 0 Å². The van der Waals surface area contributed by atoms with Gasteiger partial charge < -0.3 is 5.32 Å². The van der Waals surface area contributed by atoms with Gasteiger partial charge in [0.25, 0.3) is 0 Å². The van der Waals surface area contributed by atoms with Gasteiger partial charge in [-0.3, -0.25) is 4.57 Å². The van der Waals surface area contributed by atoms with E-state index in [4.69, 9.17) is 4.99 Å². The topological polar surface area (TPSA) is 29.3 Å². The predicted octanol–water partition coefficient (Wildman–Crippen LogP) is 12.9. The Morgan fingerprint density at radius 2 is 1.25 bits per heavy atom. The van der Waals surface area contributed by atoms with E-state index < -0.39 is 0 Å². The molecule has 12 rings (SSSR count). The van der Waals surface area contributed by atoms with Crippen molar-refractivity contribution >= 4 is 104 Å². The average Bonchev–Trinajstić information content (AvgIpc) is 3.91. The van der Waals surface area contributed by atoms with Crippen LogP contribution < -0.4 is 5.32 Å². The normalized spacial score (nSPS) is 15.5. The lowest BCUT2D eigenvalue weighted by molar-refractivity contribution is 0.936. The molecule has 8 aromatic carbocycles. The number of rotatable bonds is 2. The Labute approximate surface area is 313 Å². The number of thioether (sulfide) groups is 1. The lowest BCUT2D eigenvalue weighted by Gasteiger charge is -2.26. The molecule has 2 aliphatic heterocycles. The minimum absolute atomic E-state index is 0.0231. The molecule has 0 aliphatic carbocycles. The van der Waals surface area contributed by atoms with Crippen molar-refractivity contribution in [3.8, 4) is 11.1 Å². The molecule has 53 heavy (non-hydrogen) atoms. The molecule has 0 radical (unpaired) electrons. The monoisotopic (exact) mass is 711 g/mol. The van der Waals surface area contributed by atoms with Crippen LogP contribution in [0.3, 0.4) is 0 Å². The van der Waals surface area contributed by atoms with Crippen LogP contribution in [0.15, 0.2) is 174 Å². The molecule has 0 saturated heterocycles. The average molecular weight is 712 g/mol. The quantitative estimate of drug-likeness (QED) is 0.193. The molecule has 3 nitrogen and oxygen atoms in total. The molecule has 0 spiro atoms. The number of nitrogens with zero attached hydrogens (tertiary/aromatic N) is 2. The maximum absolute atomic E-state index is 5.74. The van der Waals surface area contributed by atoms with E-state index in [0.29, 0.717) is 0 Å². The van der Waals surface area contributed by atoms with E-state index in [9.17, 15) is 0 Å². The van der Waals surface area contributed by atoms with Gasteiger partial charge in [-0.15, -0.1) is 11.3 Å². The van der Waals surface area contributed by atoms with Crippen LogP contribution in [0.2, 0.25) is 0 Å². The fourth-order valence-corrected chi connectivity index (χ4v) is 11.3. The van der Waals surface area contributed by atoms with Gasteiger partial charge in [0, 0.05) is 52.4 Å². The zero-order chi connectivity index (χ0) is 34.6. The summed E-state index contributed by atoms with van der Waals surface area (Å²) in [6.45, 7) is 0. The Hall–Kier alpha value is -6.14. The first-order valence-electron chi connectivity index (χ1n) is 18.0. The molecule has 0 fully saturated rings. The first-order valence-corrected chi connectivity index (χ1v) is 19.7. The molecule has 4 heterocycles. The van der Waals surface area contributed by atoms with Crippen molar-refractivity contribution in [3.05, 3.63) is 175 Å². The van der Waals surface area contributed by atoms with Crippen LogP contribution in [0.1, 0.15) is 11.1 Å². The number of thiophene rings is 1. The first-order chi connectivity index (χ1) is 26.3. The van der Waals surface area contributed by atoms with E-state index in [0.717, 1.165) is 22.7 Å². The number of nitrogens with one attached hydrogen (secondary N) is 1. The van der Waals surface area contributed by atoms with Crippen LogP contribution in [0.25, 0.3) is 85.9 Å². The van der Waals surface area contributed by atoms with E-state index in [1.807, 2.05) is 23.1 Å². The second kappa shape index (κ2) is 11.2. The van der Waals surface area contributed by atoms with Crippen LogP contribution in [-0.2, 0) is 0 Å². The molecule has 1 unspecified atom stereocenters. The van der Waals surface area contributed by atoms with Crippen molar-refractivity contribution in [3.63, 3.8) is 0 Å². The van der Waals surface area contributed by atoms with Crippen LogP contribution in [0.4, 0.5) is 0 Å². The molecule has 1 N–H and O–H groups in total. The van der Waals surface area contributed by atoms with Crippen molar-refractivity contribution in [2.75, 3.05) is 0 Å². The van der Waals surface area contributed by atoms with Crippen molar-refractivity contribution in [2.45, 2.75) is 10.3 Å². The second-order valence-electron chi connectivity index (χ2n) is 13.9. The lowest BCUT2D eigenvalue weighted by atomic mass is 9.94. The van der Waals surface area contributed by atoms with Gasteiger partial charge in [0.15, 0.2) is 0 Å². The minimum atomic E-state index is -0.0231. The smallest absolute Gasteiger partial charge is 0.209 e. The van der Waals surface area contributed by atoms with Crippen LogP contribution >= 0.6 is 23.1 Å². The van der Waals surface area contributed by atoms with Gasteiger partial charge in [-0.25, -0.2) is 4.99 Å². The summed E-state index contributed by atoms with van der Waals surface area (Å²) in [6.07, 6.45) is 0. The SMILES string of the molecule is c1ccc(-c2cccc(C3=C4c5ccc6ccccc6c5SC4NC(n4c5ccccc5c5c6ccccc6c6sc7ccccc7c6c54)=N3)c2)cc1. The van der Waals surface area contributed by atoms with Crippen LogP contribution in [-0.4, -0.2) is 15.9 Å². The molecule has 0 saturated carbocycles. The molecule has 0 bridgehead atoms. The molecule has 2 aliphatic rings. The zero-order valence-electron chi connectivity index (χ0n) is 28.4. The minimum Gasteiger partial charge on any atom is -0.339 e. The molecule has 248 valence electrons. The van der Waals surface area contributed by atoms with E-state index in [-0.39, 0.29) is 5.37 Å². The summed E-state index contributed by atoms with van der Waals surface area (Å²) in [5, 5.41) is 14.2. The van der Waals surface area contributed by atoms with Gasteiger partial charge in [0.1, 0.15) is 5.37 Å². The lowest BCUT2D eigenvalue weighted by Crippen LogP contribution is -2.39. The van der Waals surface area contributed by atoms with Crippen molar-refractivity contribution in [1.29, 1.82) is 0 Å². The number of aromatic nitrogens is 1. The van der Waals surface area contributed by atoms with Gasteiger partial charge in [-0.1, -0.05) is 157 Å². The number of para-hydroxylation sites is 1. The largest absolute Gasteiger partial charge is 0.339 e. The summed E-state index contributed by atoms with van der Waals surface area (Å²) in [6, 6.07) is 59.5. The van der Waals surface area contributed by atoms with Gasteiger partial charge in [-0.05, 0) is 51.0 Å². The first kappa shape index (κ1) is 29.4. The number of hydrogen-bond acceptors (Lipinski definition) is 4. The Morgan fingerprint density at radius 3 is 2.13 bits per heavy atom. The highest BCUT2D eigenvalue weighted by molar-refractivity contribution is 8.01. The third-order valence-corrected chi connectivity index (χ3v) is 13.5. The van der Waals surface area contributed by atoms with Crippen LogP contribution in [0, 0.1) is 0 Å². The number of fused-ring (bicyclic) bond motifs is 15. The fraction of sp³-hybridized carbons (Fsp3) is 0.0208. The summed E-state index contributed by atoms with van der Waals surface area (Å²) in [7, 11) is 0. The Bertz CT molecular complexity index is 3240. The number of aliphatic imine (C=N–C) groups is 1. The molecule has 5 heteroatoms. The van der Waals surface area contributed by atoms with Crippen LogP contribution in [0.5, 0.6) is 0 Å². The summed E-state index contributed by atoms with van der Waals surface area (Å²) < 4.78 is 5.04. The number of benzene rings is 8. The predicted molar refractivity (Wildman–Crippen MR) is 228 cm³/mol. The molecule has 2 aromatic heterocycles. The molecule has 10 aromatic rings. The third-order valence-electron chi connectivity index (χ3n) is 11.0. The third kappa shape index (κ3) is 4.20. The highest BCUT2D eigenvalue weighted by Gasteiger charge is 2.37. The van der Waals surface area contributed by atoms with Gasteiger partial charge >= 0.3 is 0 Å². The Kier molecular flexibility index (Phi) is 6.21. The maximum Gasteiger partial charge on any atom is 0.209 e. The van der Waals surface area contributed by atoms with Crippen molar-refractivity contribution in [1.82, 2.24) is 9.88 Å². The van der Waals surface area contributed by atoms with E-state index in [2.05, 4.69) is 174 Å². The standard InChI is InChI=1S/C48H29N3S2/c1-2-13-28(14-3-1)30-16-12-17-31(27-30)43-41-37-26-25-29-15-4-5-18-32(29)45(37)53-47(41)50-48(49-43)51-38-23-10-8-21-35(38)40-33-19-6-7-20-34(33)46-42(44(40)51)36-22-9-11-24-39(36)52-46/h1-27,47H,(H,49,50). The fourth-order valence-electron chi connectivity index (χ4n) is 8.72. The highest BCUT2D eigenvalue weighted by Crippen LogP contribution is 2.52. The van der Waals surface area contributed by atoms with E-state index in [1.165, 1.54) is 85.2 Å². The molecule has 1 atom stereocenters. The second-order valence-corrected chi connectivity index (χ2v) is 16.0. The highest BCUT2D eigenvalue weighted by atomic mass is 32.2. The summed E-state index contributed by atoms with van der Waals surface area (Å²) in [4.78, 5) is 7.05. The van der Waals surface area contributed by atoms with Gasteiger partial charge in [-0.2, -0.15) is 0 Å². The number of hydrogen-bond donors (Lipinski definition) is 1. The summed E-state index contributed by atoms with van der Waals surface area (Å²) in [5.41, 5.74) is 9.36. The van der Waals surface area contributed by atoms with Crippen molar-refractivity contribution in [2.24, 2.45) is 4.99 Å². The Morgan fingerprint density at radius 1 is 0.547 bits per heavy atom. The molecular formula is C48H29N3S2. The molecular weight excluding hydrogens is 683 g/mol. The summed E-state index contributed by atoms with van der Waals surface area (Å²) >= 11 is 3.80. The maximum atomic E-state index is 5.74. The van der Waals surface area contributed by atoms with Crippen molar-refractivity contribution < 1.29 is 0 Å².